The first-order valence-electron chi connectivity index (χ1n) is 6.36. The van der Waals surface area contributed by atoms with Gasteiger partial charge in [-0.1, -0.05) is 0 Å². The molecule has 0 atom stereocenters. The molecule has 0 aromatic heterocycles. The van der Waals surface area contributed by atoms with E-state index in [9.17, 15) is 25.1 Å². The summed E-state index contributed by atoms with van der Waals surface area (Å²) < 4.78 is 1.04. The molecule has 0 aliphatic carbocycles. The Balaban J connectivity index is 2.92. The van der Waals surface area contributed by atoms with Gasteiger partial charge in [-0.15, -0.1) is 0 Å². The number of nitro groups is 1. The number of carbonyl (C=O) groups is 1. The Hall–Kier alpha value is -0.440. The Bertz CT molecular complexity index is 800. The van der Waals surface area contributed by atoms with Crippen LogP contribution >= 0.6 is 16.5 Å². The fourth-order valence-corrected chi connectivity index (χ4v) is 10.9. The van der Waals surface area contributed by atoms with Crippen LogP contribution in [0.25, 0.3) is 11.1 Å². The average molecular weight is 728 g/mol. The molecular weight excluding hydrogens is 722 g/mol. The third-order valence-electron chi connectivity index (χ3n) is 3.32. The summed E-state index contributed by atoms with van der Waals surface area (Å²) in [5.74, 6) is -1.60. The van der Waals surface area contributed by atoms with Crippen molar-refractivity contribution in [1.29, 1.82) is 0 Å². The van der Waals surface area contributed by atoms with Crippen molar-refractivity contribution in [3.05, 3.63) is 46.0 Å². The minimum atomic E-state index is -2.36. The first kappa shape index (κ1) is 18.9. The zero-order valence-corrected chi connectivity index (χ0v) is 24.1. The number of hydrogen-bond acceptors (Lipinski definition) is 4. The third-order valence-corrected chi connectivity index (χ3v) is 15.0. The van der Waals surface area contributed by atoms with Gasteiger partial charge < -0.3 is 0 Å². The number of rotatable bonds is 5. The summed E-state index contributed by atoms with van der Waals surface area (Å²) in [6.45, 7) is 0. The number of aromatic carboxylic acids is 1. The van der Waals surface area contributed by atoms with Gasteiger partial charge in [-0.05, 0) is 0 Å². The maximum absolute atomic E-state index is 12.0. The molecule has 10 heteroatoms. The van der Waals surface area contributed by atoms with E-state index in [2.05, 4.69) is 0 Å². The molecule has 0 saturated heterocycles. The van der Waals surface area contributed by atoms with Gasteiger partial charge in [0.2, 0.25) is 0 Å². The van der Waals surface area contributed by atoms with E-state index >= 15 is 0 Å². The number of halogens is 2. The predicted octanol–water partition coefficient (Wildman–Crippen LogP) is 1.76. The van der Waals surface area contributed by atoms with Crippen molar-refractivity contribution in [2.75, 3.05) is 0 Å². The maximum atomic E-state index is 12.0. The molecule has 0 radical (unpaired) electrons. The Kier molecular flexibility index (Phi) is 6.65. The van der Waals surface area contributed by atoms with Crippen molar-refractivity contribution in [2.45, 2.75) is 0 Å². The molecule has 0 amide bonds. The first-order valence-corrected chi connectivity index (χ1v) is 25.4. The molecule has 1 N–H and O–H groups in total. The van der Waals surface area contributed by atoms with Gasteiger partial charge >= 0.3 is 164 Å². The molecule has 2 aromatic carbocycles. The summed E-state index contributed by atoms with van der Waals surface area (Å²) in [6, 6.07) is 6.78. The van der Waals surface area contributed by atoms with Crippen LogP contribution in [0.3, 0.4) is 0 Å². The Morgan fingerprint density at radius 3 is 2.39 bits per heavy atom. The van der Waals surface area contributed by atoms with Crippen LogP contribution in [0.5, 0.6) is 5.75 Å². The van der Waals surface area contributed by atoms with Crippen LogP contribution in [0.4, 0.5) is 5.69 Å². The molecule has 112 valence electrons. The van der Waals surface area contributed by atoms with Crippen LogP contribution < -0.4 is 11.3 Å². The number of carboxylic acids is 1. The molecule has 23 heavy (non-hydrogen) atoms. The van der Waals surface area contributed by atoms with Crippen molar-refractivity contribution >= 4 is 34.3 Å². The van der Waals surface area contributed by atoms with Gasteiger partial charge in [-0.25, -0.2) is 0 Å². The van der Waals surface area contributed by atoms with Crippen molar-refractivity contribution in [2.24, 2.45) is 0 Å². The second-order valence-corrected chi connectivity index (χ2v) is 17.3. The fraction of sp³-hybridized carbons (Fsp3) is 0. The summed E-state index contributed by atoms with van der Waals surface area (Å²) in [5.41, 5.74) is -0.181. The zero-order valence-electron chi connectivity index (χ0n) is 11.6. The van der Waals surface area contributed by atoms with Crippen LogP contribution in [0.15, 0.2) is 30.3 Å². The van der Waals surface area contributed by atoms with E-state index in [1.54, 1.807) is 12.1 Å². The van der Waals surface area contributed by atoms with Crippen molar-refractivity contribution < 1.29 is 66.6 Å². The molecule has 0 aliphatic rings. The average Bonchev–Trinajstić information content (AvgIpc) is 2.53. The quantitative estimate of drug-likeness (QED) is 0.288. The summed E-state index contributed by atoms with van der Waals surface area (Å²) >= 11 is -4.22. The van der Waals surface area contributed by atoms with Gasteiger partial charge in [0, 0.05) is 0 Å². The van der Waals surface area contributed by atoms with Gasteiger partial charge in [-0.2, -0.15) is 0 Å². The summed E-state index contributed by atoms with van der Waals surface area (Å²) in [5, 5.41) is 32.8. The van der Waals surface area contributed by atoms with Gasteiger partial charge in [0.25, 0.3) is 0 Å². The number of nitrogens with zero attached hydrogens (tertiary/aromatic N) is 1. The molecule has 0 fully saturated rings. The van der Waals surface area contributed by atoms with Crippen molar-refractivity contribution in [1.82, 2.24) is 0 Å². The number of benzene rings is 2. The van der Waals surface area contributed by atoms with E-state index in [1.807, 2.05) is 0 Å². The third kappa shape index (κ3) is 3.97. The molecule has 0 spiro atoms. The normalized spacial score (nSPS) is 9.83. The molecule has 6 nitrogen and oxygen atoms in total. The number of carboxylic acid groups (broad SMARTS) is 1. The summed E-state index contributed by atoms with van der Waals surface area (Å²) in [4.78, 5) is 22.2. The topological polar surface area (TPSA) is 104 Å². The predicted molar refractivity (Wildman–Crippen MR) is 75.9 cm³/mol. The molecule has 0 unspecified atom stereocenters. The Labute approximate surface area is 162 Å². The minimum absolute atomic E-state index is 0.0527. The molecular formula is C13H6Cl2Hg2NO5-. The van der Waals surface area contributed by atoms with E-state index in [0.29, 0.717) is 0 Å². The van der Waals surface area contributed by atoms with E-state index in [0.717, 1.165) is 15.2 Å². The first-order chi connectivity index (χ1) is 10.9. The molecule has 0 bridgehead atoms. The van der Waals surface area contributed by atoms with Crippen LogP contribution in [-0.2, 0) is 46.7 Å². The molecule has 0 heterocycles. The summed E-state index contributed by atoms with van der Waals surface area (Å²) in [6.07, 6.45) is 0. The molecule has 2 rings (SSSR count). The number of hydrogen-bond donors (Lipinski definition) is 1. The van der Waals surface area contributed by atoms with Crippen LogP contribution in [0.2, 0.25) is 0 Å². The van der Waals surface area contributed by atoms with Crippen LogP contribution in [0.1, 0.15) is 10.4 Å². The van der Waals surface area contributed by atoms with E-state index in [-0.39, 0.29) is 31.2 Å². The van der Waals surface area contributed by atoms with Crippen LogP contribution in [-0.4, -0.2) is 16.0 Å². The molecule has 2 aromatic rings. The van der Waals surface area contributed by atoms with Crippen molar-refractivity contribution in [3.8, 4) is 16.9 Å². The summed E-state index contributed by atoms with van der Waals surface area (Å²) in [7, 11) is 12.0. The number of nitro benzene ring substituents is 1. The van der Waals surface area contributed by atoms with Gasteiger partial charge in [-0.3, -0.25) is 0 Å². The molecule has 0 aliphatic heterocycles. The van der Waals surface area contributed by atoms with E-state index in [4.69, 9.17) is 16.5 Å². The zero-order chi connectivity index (χ0) is 17.1. The Morgan fingerprint density at radius 2 is 1.87 bits per heavy atom. The Morgan fingerprint density at radius 1 is 1.17 bits per heavy atom. The monoisotopic (exact) mass is 730 g/mol. The molecule has 0 saturated carbocycles. The van der Waals surface area contributed by atoms with Crippen LogP contribution in [0, 0.1) is 10.1 Å². The van der Waals surface area contributed by atoms with E-state index < -0.39 is 57.6 Å². The standard InChI is InChI=1S/C13H7NO5.2ClH.2Hg/c15-8-5-6-12(14(18)19)11(7-8)9-3-1-2-4-10(9)13(16)17;;;;/h2-6,15H,(H,16,17);2*1H;;/q;;;2*+1/p-3. The van der Waals surface area contributed by atoms with Gasteiger partial charge in [0.05, 0.1) is 0 Å². The second kappa shape index (κ2) is 8.09. The fourth-order valence-electron chi connectivity index (χ4n) is 2.27. The SMILES string of the molecule is O=C(O)c1cc[c]([Hg][Cl])cc1-c1c([N+](=O)[O-])ccc([O-])[c]1[Hg][Cl]. The van der Waals surface area contributed by atoms with Gasteiger partial charge in [0.15, 0.2) is 0 Å². The van der Waals surface area contributed by atoms with E-state index in [1.165, 1.54) is 6.07 Å². The van der Waals surface area contributed by atoms with Gasteiger partial charge in [0.1, 0.15) is 0 Å². The van der Waals surface area contributed by atoms with Crippen molar-refractivity contribution in [3.63, 3.8) is 0 Å². The second-order valence-electron chi connectivity index (χ2n) is 4.65.